The largest absolute Gasteiger partial charge is 0.481 e. The van der Waals surface area contributed by atoms with Gasteiger partial charge in [-0.2, -0.15) is 0 Å². The van der Waals surface area contributed by atoms with E-state index in [0.717, 1.165) is 57.8 Å². The molecule has 0 aromatic rings. The van der Waals surface area contributed by atoms with Crippen molar-refractivity contribution in [2.45, 2.75) is 154 Å². The van der Waals surface area contributed by atoms with Crippen LogP contribution in [0.5, 0.6) is 0 Å². The Kier molecular flexibility index (Phi) is 28.0. The van der Waals surface area contributed by atoms with Crippen LogP contribution in [0.2, 0.25) is 0 Å². The molecule has 0 fully saturated rings. The van der Waals surface area contributed by atoms with Gasteiger partial charge in [0.1, 0.15) is 0 Å². The first-order valence-electron chi connectivity index (χ1n) is 13.6. The van der Waals surface area contributed by atoms with E-state index in [2.05, 4.69) is 6.92 Å². The van der Waals surface area contributed by atoms with Gasteiger partial charge in [-0.15, -0.1) is 0 Å². The first-order chi connectivity index (χ1) is 16.3. The van der Waals surface area contributed by atoms with Gasteiger partial charge in [-0.05, 0) is 32.1 Å². The molecule has 0 amide bonds. The van der Waals surface area contributed by atoms with E-state index in [1.807, 2.05) is 0 Å². The molecule has 202 valence electrons. The topological polar surface area (TPSA) is 132 Å². The molecular weight excluding hydrogens is 436 g/mol. The van der Waals surface area contributed by atoms with Gasteiger partial charge in [0.15, 0.2) is 0 Å². The summed E-state index contributed by atoms with van der Waals surface area (Å²) < 4.78 is 0. The molecule has 0 radical (unpaired) electrons. The van der Waals surface area contributed by atoms with Crippen molar-refractivity contribution in [2.75, 3.05) is 0 Å². The van der Waals surface area contributed by atoms with Crippen molar-refractivity contribution in [3.05, 3.63) is 0 Å². The van der Waals surface area contributed by atoms with Gasteiger partial charge in [-0.1, -0.05) is 96.8 Å². The number of carboxylic acid groups (broad SMARTS) is 3. The molecule has 0 heterocycles. The molecule has 1 atom stereocenters. The third-order valence-electron chi connectivity index (χ3n) is 5.85. The fraction of sp³-hybridized carbons (Fsp3) is 0.889. The Morgan fingerprint density at radius 1 is 0.471 bits per heavy atom. The molecule has 1 unspecified atom stereocenters. The second kappa shape index (κ2) is 27.6. The SMILES string of the molecule is CCCCCCC(O)CCCCCCCCCCC(=O)O.O=C(O)CCCCCCCC(=O)O. The molecule has 4 N–H and O–H groups in total. The highest BCUT2D eigenvalue weighted by Gasteiger charge is 2.03. The summed E-state index contributed by atoms with van der Waals surface area (Å²) in [6.07, 6.45) is 20.8. The van der Waals surface area contributed by atoms with Gasteiger partial charge in [0, 0.05) is 19.3 Å². The van der Waals surface area contributed by atoms with Crippen molar-refractivity contribution in [1.29, 1.82) is 0 Å². The van der Waals surface area contributed by atoms with Crippen LogP contribution in [0.15, 0.2) is 0 Å². The number of carboxylic acids is 3. The van der Waals surface area contributed by atoms with Gasteiger partial charge in [-0.3, -0.25) is 14.4 Å². The number of rotatable bonds is 24. The number of aliphatic carboxylic acids is 3. The van der Waals surface area contributed by atoms with E-state index < -0.39 is 17.9 Å². The highest BCUT2D eigenvalue weighted by molar-refractivity contribution is 5.67. The quantitative estimate of drug-likeness (QED) is 0.106. The minimum absolute atomic E-state index is 0.0853. The number of hydrogen-bond acceptors (Lipinski definition) is 4. The van der Waals surface area contributed by atoms with Gasteiger partial charge in [0.2, 0.25) is 0 Å². The molecule has 0 aliphatic rings. The Morgan fingerprint density at radius 2 is 0.735 bits per heavy atom. The van der Waals surface area contributed by atoms with E-state index in [1.165, 1.54) is 51.4 Å². The maximum atomic E-state index is 10.3. The van der Waals surface area contributed by atoms with Crippen molar-refractivity contribution in [3.8, 4) is 0 Å². The molecule has 0 aromatic carbocycles. The molecule has 34 heavy (non-hydrogen) atoms. The molecule has 0 rings (SSSR count). The Hall–Kier alpha value is -1.63. The molecule has 0 spiro atoms. The summed E-state index contributed by atoms with van der Waals surface area (Å²) >= 11 is 0. The van der Waals surface area contributed by atoms with Gasteiger partial charge in [0.25, 0.3) is 0 Å². The van der Waals surface area contributed by atoms with Crippen LogP contribution in [0.4, 0.5) is 0 Å². The summed E-state index contributed by atoms with van der Waals surface area (Å²) in [4.78, 5) is 30.5. The molecule has 0 aliphatic carbocycles. The number of aliphatic hydroxyl groups excluding tert-OH is 1. The smallest absolute Gasteiger partial charge is 0.303 e. The average Bonchev–Trinajstić information content (AvgIpc) is 2.77. The summed E-state index contributed by atoms with van der Waals surface area (Å²) in [5.41, 5.74) is 0. The highest BCUT2D eigenvalue weighted by Crippen LogP contribution is 2.14. The number of unbranched alkanes of at least 4 members (excludes halogenated alkanes) is 14. The van der Waals surface area contributed by atoms with E-state index in [4.69, 9.17) is 15.3 Å². The molecule has 0 aliphatic heterocycles. The first kappa shape index (κ1) is 34.5. The maximum absolute atomic E-state index is 10.3. The third kappa shape index (κ3) is 35.0. The van der Waals surface area contributed by atoms with Crippen LogP contribution in [-0.4, -0.2) is 44.4 Å². The second-order valence-electron chi connectivity index (χ2n) is 9.32. The lowest BCUT2D eigenvalue weighted by Crippen LogP contribution is -2.05. The zero-order valence-corrected chi connectivity index (χ0v) is 21.6. The van der Waals surface area contributed by atoms with Crippen molar-refractivity contribution in [2.24, 2.45) is 0 Å². The molecule has 0 saturated carbocycles. The summed E-state index contributed by atoms with van der Waals surface area (Å²) in [5.74, 6) is -2.20. The lowest BCUT2D eigenvalue weighted by molar-refractivity contribution is -0.138. The van der Waals surface area contributed by atoms with Gasteiger partial charge in [-0.25, -0.2) is 0 Å². The van der Waals surface area contributed by atoms with Crippen molar-refractivity contribution >= 4 is 17.9 Å². The Bertz CT molecular complexity index is 462. The van der Waals surface area contributed by atoms with Crippen molar-refractivity contribution in [3.63, 3.8) is 0 Å². The van der Waals surface area contributed by atoms with Gasteiger partial charge < -0.3 is 20.4 Å². The zero-order chi connectivity index (χ0) is 25.9. The predicted octanol–water partition coefficient (Wildman–Crippen LogP) is 7.19. The summed E-state index contributed by atoms with van der Waals surface area (Å²) in [5, 5.41) is 35.0. The van der Waals surface area contributed by atoms with Gasteiger partial charge in [0.05, 0.1) is 6.10 Å². The fourth-order valence-electron chi connectivity index (χ4n) is 3.75. The minimum atomic E-state index is -0.759. The fourth-order valence-corrected chi connectivity index (χ4v) is 3.75. The lowest BCUT2D eigenvalue weighted by atomic mass is 10.0. The van der Waals surface area contributed by atoms with Crippen LogP contribution in [0.3, 0.4) is 0 Å². The second-order valence-corrected chi connectivity index (χ2v) is 9.32. The Labute approximate surface area is 207 Å². The van der Waals surface area contributed by atoms with E-state index >= 15 is 0 Å². The molecule has 0 bridgehead atoms. The number of carbonyl (C=O) groups is 3. The van der Waals surface area contributed by atoms with Gasteiger partial charge >= 0.3 is 17.9 Å². The molecule has 7 nitrogen and oxygen atoms in total. The van der Waals surface area contributed by atoms with E-state index in [-0.39, 0.29) is 18.9 Å². The molecule has 7 heteroatoms. The van der Waals surface area contributed by atoms with Crippen molar-refractivity contribution < 1.29 is 34.8 Å². The van der Waals surface area contributed by atoms with Crippen LogP contribution in [-0.2, 0) is 14.4 Å². The number of hydrogen-bond donors (Lipinski definition) is 4. The standard InChI is InChI=1S/C18H36O3.C9H16O4/c1-2-3-4-11-14-17(19)15-12-9-7-5-6-8-10-13-16-18(20)21;10-8(11)6-4-2-1-3-5-7-9(12)13/h17,19H,2-16H2,1H3,(H,20,21);1-7H2,(H,10,11)(H,12,13). The van der Waals surface area contributed by atoms with Crippen LogP contribution in [0, 0.1) is 0 Å². The predicted molar refractivity (Wildman–Crippen MR) is 136 cm³/mol. The van der Waals surface area contributed by atoms with E-state index in [1.54, 1.807) is 0 Å². The number of aliphatic hydroxyl groups is 1. The van der Waals surface area contributed by atoms with E-state index in [0.29, 0.717) is 19.3 Å². The monoisotopic (exact) mass is 488 g/mol. The van der Waals surface area contributed by atoms with Crippen LogP contribution in [0.25, 0.3) is 0 Å². The van der Waals surface area contributed by atoms with Crippen molar-refractivity contribution in [1.82, 2.24) is 0 Å². The average molecular weight is 489 g/mol. The Morgan fingerprint density at radius 3 is 1.03 bits per heavy atom. The zero-order valence-electron chi connectivity index (χ0n) is 21.6. The van der Waals surface area contributed by atoms with Crippen LogP contribution in [0.1, 0.15) is 148 Å². The van der Waals surface area contributed by atoms with Crippen LogP contribution < -0.4 is 0 Å². The first-order valence-corrected chi connectivity index (χ1v) is 13.6. The maximum Gasteiger partial charge on any atom is 0.303 e. The highest BCUT2D eigenvalue weighted by atomic mass is 16.4. The van der Waals surface area contributed by atoms with Crippen LogP contribution >= 0.6 is 0 Å². The summed E-state index contributed by atoms with van der Waals surface area (Å²) in [7, 11) is 0. The molecular formula is C27H52O7. The third-order valence-corrected chi connectivity index (χ3v) is 5.85. The minimum Gasteiger partial charge on any atom is -0.481 e. The summed E-state index contributed by atoms with van der Waals surface area (Å²) in [6.45, 7) is 2.21. The normalized spacial score (nSPS) is 11.5. The summed E-state index contributed by atoms with van der Waals surface area (Å²) in [6, 6.07) is 0. The molecule has 0 aromatic heterocycles. The lowest BCUT2D eigenvalue weighted by Gasteiger charge is -2.10. The van der Waals surface area contributed by atoms with E-state index in [9.17, 15) is 19.5 Å². The molecule has 0 saturated heterocycles. The Balaban J connectivity index is 0.